The molecule has 1 aliphatic heterocycles. The van der Waals surface area contributed by atoms with Crippen LogP contribution in [0.5, 0.6) is 5.75 Å². The first-order valence-corrected chi connectivity index (χ1v) is 10.0. The molecule has 2 aromatic rings. The zero-order valence-corrected chi connectivity index (χ0v) is 17.7. The second kappa shape index (κ2) is 8.66. The van der Waals surface area contributed by atoms with Gasteiger partial charge in [0.25, 0.3) is 0 Å². The summed E-state index contributed by atoms with van der Waals surface area (Å²) in [4.78, 5) is 24.1. The van der Waals surface area contributed by atoms with Crippen molar-refractivity contribution in [2.24, 2.45) is 0 Å². The van der Waals surface area contributed by atoms with Crippen LogP contribution < -0.4 is 21.4 Å². The van der Waals surface area contributed by atoms with Gasteiger partial charge in [-0.05, 0) is 61.2 Å². The molecule has 0 spiro atoms. The summed E-state index contributed by atoms with van der Waals surface area (Å²) in [6.07, 6.45) is 0. The summed E-state index contributed by atoms with van der Waals surface area (Å²) < 4.78 is 5.83. The maximum atomic E-state index is 12.2. The highest BCUT2D eigenvalue weighted by molar-refractivity contribution is 7.80. The number of thiocarbonyl (C=S) groups is 1. The van der Waals surface area contributed by atoms with Crippen LogP contribution in [-0.2, 0) is 0 Å². The minimum Gasteiger partial charge on any atom is -0.508 e. The van der Waals surface area contributed by atoms with E-state index in [1.54, 1.807) is 31.3 Å². The van der Waals surface area contributed by atoms with Gasteiger partial charge < -0.3 is 30.6 Å². The first kappa shape index (κ1) is 21.3. The van der Waals surface area contributed by atoms with Gasteiger partial charge in [0.2, 0.25) is 0 Å². The van der Waals surface area contributed by atoms with Gasteiger partial charge in [-0.1, -0.05) is 6.07 Å². The van der Waals surface area contributed by atoms with E-state index in [9.17, 15) is 19.8 Å². The van der Waals surface area contributed by atoms with Gasteiger partial charge in [-0.25, -0.2) is 4.79 Å². The number of phenols is 1. The fourth-order valence-electron chi connectivity index (χ4n) is 3.51. The van der Waals surface area contributed by atoms with Crippen molar-refractivity contribution in [1.29, 1.82) is 0 Å². The predicted molar refractivity (Wildman–Crippen MR) is 126 cm³/mol. The minimum atomic E-state index is -1.13. The van der Waals surface area contributed by atoms with E-state index in [0.29, 0.717) is 50.9 Å². The van der Waals surface area contributed by atoms with Gasteiger partial charge in [0.05, 0.1) is 12.2 Å². The zero-order valence-electron chi connectivity index (χ0n) is 16.9. The molecular formula is C23H19N3O5S. The molecule has 1 heterocycles. The van der Waals surface area contributed by atoms with Gasteiger partial charge in [-0.15, -0.1) is 0 Å². The number of rotatable bonds is 5. The van der Waals surface area contributed by atoms with Gasteiger partial charge in [0, 0.05) is 34.3 Å². The Morgan fingerprint density at radius 2 is 1.84 bits per heavy atom. The molecule has 4 rings (SSSR count). The van der Waals surface area contributed by atoms with Crippen LogP contribution in [0.3, 0.4) is 0 Å². The van der Waals surface area contributed by atoms with E-state index in [4.69, 9.17) is 16.6 Å². The second-order valence-corrected chi connectivity index (χ2v) is 7.45. The summed E-state index contributed by atoms with van der Waals surface area (Å²) in [5.41, 5.74) is 2.24. The predicted octanol–water partition coefficient (Wildman–Crippen LogP) is 3.43. The Morgan fingerprint density at radius 3 is 2.59 bits per heavy atom. The van der Waals surface area contributed by atoms with E-state index in [2.05, 4.69) is 16.0 Å². The smallest absolute Gasteiger partial charge is 0.336 e. The van der Waals surface area contributed by atoms with Crippen LogP contribution in [-0.4, -0.2) is 35.0 Å². The van der Waals surface area contributed by atoms with Crippen LogP contribution in [0.2, 0.25) is 0 Å². The lowest BCUT2D eigenvalue weighted by Crippen LogP contribution is -2.34. The van der Waals surface area contributed by atoms with Crippen molar-refractivity contribution in [2.45, 2.75) is 0 Å². The standard InChI is InChI=1S/C23H19N3O5S/c1-24-11-25-23(32)26-12-2-5-15(18(8-12)22(29)30)21-16-6-3-13(27)9-19(16)31-20-10-14(28)4-7-17(20)21/h2-10,24,27H,11H2,1H3,(H,29,30)(H2,25,26,32). The van der Waals surface area contributed by atoms with Gasteiger partial charge in [0.1, 0.15) is 17.1 Å². The fraction of sp³-hybridized carbons (Fsp3) is 0.0870. The number of phenolic OH excluding ortho intramolecular Hbond substituents is 1. The summed E-state index contributed by atoms with van der Waals surface area (Å²) in [6, 6.07) is 13.8. The van der Waals surface area contributed by atoms with Crippen LogP contribution >= 0.6 is 12.2 Å². The average molecular weight is 449 g/mol. The molecule has 2 aromatic carbocycles. The van der Waals surface area contributed by atoms with E-state index in [0.717, 1.165) is 0 Å². The zero-order chi connectivity index (χ0) is 22.8. The molecule has 0 bridgehead atoms. The molecule has 32 heavy (non-hydrogen) atoms. The molecular weight excluding hydrogens is 430 g/mol. The molecule has 0 fully saturated rings. The number of carbonyl (C=O) groups is 1. The van der Waals surface area contributed by atoms with Crippen LogP contribution in [0, 0.1) is 0 Å². The number of nitrogens with one attached hydrogen (secondary N) is 3. The largest absolute Gasteiger partial charge is 0.508 e. The molecule has 2 aliphatic rings. The molecule has 9 heteroatoms. The maximum absolute atomic E-state index is 12.2. The molecule has 0 aromatic heterocycles. The fourth-order valence-corrected chi connectivity index (χ4v) is 3.70. The van der Waals surface area contributed by atoms with Gasteiger partial charge in [-0.2, -0.15) is 0 Å². The number of carboxylic acids is 1. The van der Waals surface area contributed by atoms with E-state index in [-0.39, 0.29) is 16.7 Å². The summed E-state index contributed by atoms with van der Waals surface area (Å²) in [5, 5.41) is 29.6. The van der Waals surface area contributed by atoms with E-state index < -0.39 is 5.97 Å². The van der Waals surface area contributed by atoms with Crippen LogP contribution in [0.4, 0.5) is 5.69 Å². The normalized spacial score (nSPS) is 10.9. The topological polar surface area (TPSA) is 124 Å². The van der Waals surface area contributed by atoms with E-state index in [1.165, 1.54) is 30.3 Å². The number of anilines is 1. The van der Waals surface area contributed by atoms with Crippen molar-refractivity contribution in [3.8, 4) is 28.2 Å². The molecule has 0 atom stereocenters. The number of aromatic hydroxyl groups is 1. The molecule has 162 valence electrons. The van der Waals surface area contributed by atoms with Gasteiger partial charge in [0.15, 0.2) is 10.5 Å². The highest BCUT2D eigenvalue weighted by atomic mass is 32.1. The first-order chi connectivity index (χ1) is 15.4. The number of hydrogen-bond donors (Lipinski definition) is 5. The first-order valence-electron chi connectivity index (χ1n) is 9.64. The summed E-state index contributed by atoms with van der Waals surface area (Å²) in [6.45, 7) is 0.454. The Morgan fingerprint density at radius 1 is 1.06 bits per heavy atom. The van der Waals surface area contributed by atoms with Crippen molar-refractivity contribution < 1.29 is 19.4 Å². The summed E-state index contributed by atoms with van der Waals surface area (Å²) in [7, 11) is 1.77. The molecule has 0 amide bonds. The van der Waals surface area contributed by atoms with Gasteiger partial charge >= 0.3 is 5.97 Å². The number of fused-ring (bicyclic) bond motifs is 2. The van der Waals surface area contributed by atoms with Crippen molar-refractivity contribution in [1.82, 2.24) is 10.6 Å². The monoisotopic (exact) mass is 449 g/mol. The Hall–Kier alpha value is -3.95. The summed E-state index contributed by atoms with van der Waals surface area (Å²) >= 11 is 5.21. The van der Waals surface area contributed by atoms with E-state index >= 15 is 0 Å². The van der Waals surface area contributed by atoms with Crippen molar-refractivity contribution in [2.75, 3.05) is 19.0 Å². The average Bonchev–Trinajstić information content (AvgIpc) is 2.76. The van der Waals surface area contributed by atoms with Crippen molar-refractivity contribution >= 4 is 40.0 Å². The third-order valence-corrected chi connectivity index (χ3v) is 5.13. The number of carboxylic acid groups (broad SMARTS) is 1. The Bertz CT molecular complexity index is 1380. The van der Waals surface area contributed by atoms with Crippen molar-refractivity contribution in [3.63, 3.8) is 0 Å². The molecule has 0 radical (unpaired) electrons. The Balaban J connectivity index is 1.94. The van der Waals surface area contributed by atoms with E-state index in [1.807, 2.05) is 0 Å². The lowest BCUT2D eigenvalue weighted by atomic mass is 9.90. The second-order valence-electron chi connectivity index (χ2n) is 7.04. The Kier molecular flexibility index (Phi) is 5.76. The third-order valence-electron chi connectivity index (χ3n) is 4.88. The minimum absolute atomic E-state index is 0.00887. The van der Waals surface area contributed by atoms with Crippen LogP contribution in [0.1, 0.15) is 10.4 Å². The molecule has 0 saturated heterocycles. The van der Waals surface area contributed by atoms with Gasteiger partial charge in [-0.3, -0.25) is 4.79 Å². The third kappa shape index (κ3) is 4.11. The number of hydrogen-bond acceptors (Lipinski definition) is 6. The van der Waals surface area contributed by atoms with Crippen molar-refractivity contribution in [3.05, 3.63) is 70.4 Å². The lowest BCUT2D eigenvalue weighted by molar-refractivity contribution is 0.0698. The molecule has 8 nitrogen and oxygen atoms in total. The molecule has 0 saturated carbocycles. The summed E-state index contributed by atoms with van der Waals surface area (Å²) in [5.74, 6) is -0.842. The van der Waals surface area contributed by atoms with Crippen LogP contribution in [0.15, 0.2) is 63.8 Å². The Labute approximate surface area is 187 Å². The highest BCUT2D eigenvalue weighted by Crippen LogP contribution is 2.42. The molecule has 0 unspecified atom stereocenters. The SMILES string of the molecule is CNCNC(=S)Nc1ccc(-c2c3ccc(=O)cc-3oc3cc(O)ccc23)c(C(=O)O)c1. The number of aromatic carboxylic acids is 1. The quantitative estimate of drug-likeness (QED) is 0.177. The number of benzene rings is 3. The maximum Gasteiger partial charge on any atom is 0.336 e. The highest BCUT2D eigenvalue weighted by Gasteiger charge is 2.22. The molecule has 5 N–H and O–H groups in total. The van der Waals surface area contributed by atoms with Crippen LogP contribution in [0.25, 0.3) is 33.4 Å². The molecule has 1 aliphatic carbocycles. The lowest BCUT2D eigenvalue weighted by Gasteiger charge is -2.18.